The van der Waals surface area contributed by atoms with E-state index in [0.717, 1.165) is 25.9 Å². The second-order valence-electron chi connectivity index (χ2n) is 5.68. The number of hydrogen-bond acceptors (Lipinski definition) is 3. The van der Waals surface area contributed by atoms with Gasteiger partial charge in [-0.3, -0.25) is 4.90 Å². The fraction of sp³-hybridized carbons (Fsp3) is 0.909. The van der Waals surface area contributed by atoms with Crippen LogP contribution in [0, 0.1) is 0 Å². The topological polar surface area (TPSA) is 41.6 Å². The Morgan fingerprint density at radius 1 is 1.47 bits per heavy atom. The summed E-state index contributed by atoms with van der Waals surface area (Å²) in [5, 5.41) is 2.97. The molecule has 0 aromatic heterocycles. The molecule has 2 aliphatic heterocycles. The number of carbonyl (C=O) groups is 1. The molecule has 2 fully saturated rings. The molecule has 0 aromatic rings. The van der Waals surface area contributed by atoms with E-state index in [4.69, 9.17) is 4.74 Å². The Morgan fingerprint density at radius 3 is 2.73 bits per heavy atom. The molecule has 1 atom stereocenters. The molecular weight excluding hydrogens is 192 g/mol. The van der Waals surface area contributed by atoms with Gasteiger partial charge in [-0.15, -0.1) is 0 Å². The zero-order valence-corrected chi connectivity index (χ0v) is 9.80. The Labute approximate surface area is 91.0 Å². The number of nitrogens with zero attached hydrogens (tertiary/aromatic N) is 1. The second-order valence-corrected chi connectivity index (χ2v) is 5.68. The molecular formula is C11H20N2O2. The van der Waals surface area contributed by atoms with Gasteiger partial charge >= 0.3 is 6.09 Å². The van der Waals surface area contributed by atoms with Crippen LogP contribution in [0.25, 0.3) is 0 Å². The molecule has 0 saturated carbocycles. The number of alkyl carbamates (subject to hydrolysis) is 1. The van der Waals surface area contributed by atoms with Crippen LogP contribution in [0.15, 0.2) is 0 Å². The van der Waals surface area contributed by atoms with Crippen LogP contribution in [-0.4, -0.2) is 41.8 Å². The largest absolute Gasteiger partial charge is 0.447 e. The van der Waals surface area contributed by atoms with Gasteiger partial charge in [0.05, 0.1) is 5.54 Å². The number of amides is 1. The van der Waals surface area contributed by atoms with Gasteiger partial charge < -0.3 is 10.1 Å². The van der Waals surface area contributed by atoms with Crippen LogP contribution in [0.3, 0.4) is 0 Å². The average molecular weight is 212 g/mol. The van der Waals surface area contributed by atoms with Crippen molar-refractivity contribution in [2.75, 3.05) is 19.7 Å². The van der Waals surface area contributed by atoms with Crippen molar-refractivity contribution < 1.29 is 9.53 Å². The van der Waals surface area contributed by atoms with Crippen molar-refractivity contribution >= 4 is 6.09 Å². The lowest BCUT2D eigenvalue weighted by atomic mass is 9.87. The third kappa shape index (κ3) is 2.09. The maximum atomic E-state index is 11.1. The predicted octanol–water partition coefficient (Wildman–Crippen LogP) is 1.36. The molecule has 0 radical (unpaired) electrons. The number of hydrogen-bond donors (Lipinski definition) is 1. The smallest absolute Gasteiger partial charge is 0.407 e. The number of rotatable bonds is 0. The number of ether oxygens (including phenoxy) is 1. The highest BCUT2D eigenvalue weighted by atomic mass is 16.6. The number of carbonyl (C=O) groups excluding carboxylic acids is 1. The minimum atomic E-state index is -0.259. The third-order valence-electron chi connectivity index (χ3n) is 3.37. The van der Waals surface area contributed by atoms with Crippen LogP contribution >= 0.6 is 0 Å². The summed E-state index contributed by atoms with van der Waals surface area (Å²) >= 11 is 0. The summed E-state index contributed by atoms with van der Waals surface area (Å²) in [6, 6.07) is 0. The van der Waals surface area contributed by atoms with Crippen molar-refractivity contribution in [2.24, 2.45) is 0 Å². The molecule has 1 amide bonds. The third-order valence-corrected chi connectivity index (χ3v) is 3.37. The summed E-state index contributed by atoms with van der Waals surface area (Å²) in [4.78, 5) is 13.5. The Balaban J connectivity index is 2.07. The molecule has 0 bridgehead atoms. The van der Waals surface area contributed by atoms with E-state index in [1.807, 2.05) is 0 Å². The SMILES string of the molecule is CC(C)(C)N1CCC[C@@]2(COC(=O)N2)C1. The van der Waals surface area contributed by atoms with Crippen molar-refractivity contribution in [1.29, 1.82) is 0 Å². The van der Waals surface area contributed by atoms with Crippen LogP contribution in [0.1, 0.15) is 33.6 Å². The van der Waals surface area contributed by atoms with Gasteiger partial charge in [-0.1, -0.05) is 0 Å². The molecule has 0 unspecified atom stereocenters. The van der Waals surface area contributed by atoms with Crippen molar-refractivity contribution in [3.63, 3.8) is 0 Å². The quantitative estimate of drug-likeness (QED) is 0.659. The van der Waals surface area contributed by atoms with Crippen LogP contribution in [-0.2, 0) is 4.74 Å². The fourth-order valence-corrected chi connectivity index (χ4v) is 2.42. The first-order chi connectivity index (χ1) is 6.91. The highest BCUT2D eigenvalue weighted by molar-refractivity contribution is 5.70. The Bertz CT molecular complexity index is 272. The molecule has 4 heteroatoms. The molecule has 0 aliphatic carbocycles. The van der Waals surface area contributed by atoms with Crippen LogP contribution in [0.4, 0.5) is 4.79 Å². The monoisotopic (exact) mass is 212 g/mol. The van der Waals surface area contributed by atoms with E-state index in [0.29, 0.717) is 6.61 Å². The maximum Gasteiger partial charge on any atom is 0.407 e. The fourth-order valence-electron chi connectivity index (χ4n) is 2.42. The van der Waals surface area contributed by atoms with Gasteiger partial charge in [0.25, 0.3) is 0 Å². The molecule has 2 heterocycles. The summed E-state index contributed by atoms with van der Waals surface area (Å²) in [7, 11) is 0. The van der Waals surface area contributed by atoms with E-state index in [-0.39, 0.29) is 17.2 Å². The molecule has 1 N–H and O–H groups in total. The first kappa shape index (κ1) is 10.7. The lowest BCUT2D eigenvalue weighted by Gasteiger charge is -2.45. The predicted molar refractivity (Wildman–Crippen MR) is 57.8 cm³/mol. The van der Waals surface area contributed by atoms with Gasteiger partial charge in [0.2, 0.25) is 0 Å². The van der Waals surface area contributed by atoms with Crippen LogP contribution < -0.4 is 5.32 Å². The lowest BCUT2D eigenvalue weighted by Crippen LogP contribution is -2.60. The van der Waals surface area contributed by atoms with E-state index in [1.165, 1.54) is 0 Å². The molecule has 2 aliphatic rings. The lowest BCUT2D eigenvalue weighted by molar-refractivity contribution is 0.0515. The molecule has 0 aromatic carbocycles. The number of piperidine rings is 1. The first-order valence-electron chi connectivity index (χ1n) is 5.61. The summed E-state index contributed by atoms with van der Waals surface area (Å²) in [5.74, 6) is 0. The summed E-state index contributed by atoms with van der Waals surface area (Å²) in [6.45, 7) is 9.18. The van der Waals surface area contributed by atoms with Gasteiger partial charge in [-0.25, -0.2) is 4.79 Å². The number of cyclic esters (lactones) is 1. The highest BCUT2D eigenvalue weighted by Crippen LogP contribution is 2.29. The molecule has 86 valence electrons. The van der Waals surface area contributed by atoms with Gasteiger partial charge in [0.1, 0.15) is 6.61 Å². The number of likely N-dealkylation sites (tertiary alicyclic amines) is 1. The Hall–Kier alpha value is -0.770. The molecule has 1 spiro atoms. The Morgan fingerprint density at radius 2 is 2.20 bits per heavy atom. The molecule has 2 saturated heterocycles. The zero-order valence-electron chi connectivity index (χ0n) is 9.80. The van der Waals surface area contributed by atoms with Gasteiger partial charge in [0, 0.05) is 12.1 Å². The van der Waals surface area contributed by atoms with E-state index in [2.05, 4.69) is 31.0 Å². The molecule has 2 rings (SSSR count). The van der Waals surface area contributed by atoms with E-state index in [1.54, 1.807) is 0 Å². The van der Waals surface area contributed by atoms with Crippen LogP contribution in [0.2, 0.25) is 0 Å². The number of nitrogens with one attached hydrogen (secondary N) is 1. The average Bonchev–Trinajstić information content (AvgIpc) is 2.46. The zero-order chi connectivity index (χ0) is 11.1. The Kier molecular flexibility index (Phi) is 2.41. The minimum Gasteiger partial charge on any atom is -0.447 e. The van der Waals surface area contributed by atoms with E-state index >= 15 is 0 Å². The normalized spacial score (nSPS) is 32.9. The highest BCUT2D eigenvalue weighted by Gasteiger charge is 2.44. The van der Waals surface area contributed by atoms with Crippen molar-refractivity contribution in [3.05, 3.63) is 0 Å². The minimum absolute atomic E-state index is 0.122. The second kappa shape index (κ2) is 3.37. The standard InChI is InChI=1S/C11H20N2O2/c1-10(2,3)13-6-4-5-11(7-13)8-15-9(14)12-11/h4-8H2,1-3H3,(H,12,14)/t11-/m0/s1. The molecule has 4 nitrogen and oxygen atoms in total. The summed E-state index contributed by atoms with van der Waals surface area (Å²) < 4.78 is 5.03. The van der Waals surface area contributed by atoms with E-state index in [9.17, 15) is 4.79 Å². The maximum absolute atomic E-state index is 11.1. The summed E-state index contributed by atoms with van der Waals surface area (Å²) in [5.41, 5.74) is 0.0450. The van der Waals surface area contributed by atoms with Gasteiger partial charge in [-0.2, -0.15) is 0 Å². The molecule has 15 heavy (non-hydrogen) atoms. The van der Waals surface area contributed by atoms with Crippen molar-refractivity contribution in [1.82, 2.24) is 10.2 Å². The van der Waals surface area contributed by atoms with Gasteiger partial charge in [-0.05, 0) is 40.2 Å². The van der Waals surface area contributed by atoms with Gasteiger partial charge in [0.15, 0.2) is 0 Å². The first-order valence-corrected chi connectivity index (χ1v) is 5.61. The summed E-state index contributed by atoms with van der Waals surface area (Å²) in [6.07, 6.45) is 1.90. The van der Waals surface area contributed by atoms with E-state index < -0.39 is 0 Å². The van der Waals surface area contributed by atoms with Crippen LogP contribution in [0.5, 0.6) is 0 Å². The van der Waals surface area contributed by atoms with Crippen molar-refractivity contribution in [3.8, 4) is 0 Å². The van der Waals surface area contributed by atoms with Crippen molar-refractivity contribution in [2.45, 2.75) is 44.7 Å².